The van der Waals surface area contributed by atoms with Crippen LogP contribution >= 0.6 is 15.9 Å². The van der Waals surface area contributed by atoms with Gasteiger partial charge in [-0.3, -0.25) is 4.79 Å². The minimum Gasteiger partial charge on any atom is -0.494 e. The smallest absolute Gasteiger partial charge is 0.262 e. The average molecular weight is 476 g/mol. The van der Waals surface area contributed by atoms with Crippen LogP contribution in [0.1, 0.15) is 70.8 Å². The molecule has 1 N–H and O–H groups in total. The van der Waals surface area contributed by atoms with E-state index in [9.17, 15) is 4.79 Å². The summed E-state index contributed by atoms with van der Waals surface area (Å²) in [5.41, 5.74) is 1.96. The van der Waals surface area contributed by atoms with Gasteiger partial charge in [0.25, 0.3) is 5.91 Å². The Hall–Kier alpha value is -2.01. The van der Waals surface area contributed by atoms with Crippen molar-refractivity contribution in [1.29, 1.82) is 0 Å². The number of anilines is 1. The van der Waals surface area contributed by atoms with Gasteiger partial charge in [0.15, 0.2) is 6.61 Å². The van der Waals surface area contributed by atoms with Gasteiger partial charge in [-0.15, -0.1) is 0 Å². The lowest BCUT2D eigenvalue weighted by molar-refractivity contribution is -0.118. The highest BCUT2D eigenvalue weighted by atomic mass is 79.9. The first-order valence-electron chi connectivity index (χ1n) is 11.0. The third-order valence-corrected chi connectivity index (χ3v) is 5.75. The Balaban J connectivity index is 1.79. The van der Waals surface area contributed by atoms with Crippen molar-refractivity contribution in [2.75, 3.05) is 18.5 Å². The van der Waals surface area contributed by atoms with E-state index in [1.807, 2.05) is 30.3 Å². The van der Waals surface area contributed by atoms with Gasteiger partial charge < -0.3 is 14.8 Å². The van der Waals surface area contributed by atoms with Crippen molar-refractivity contribution in [1.82, 2.24) is 0 Å². The fraction of sp³-hybridized carbons (Fsp3) is 0.480. The highest BCUT2D eigenvalue weighted by Gasteiger charge is 2.10. The molecule has 0 bridgehead atoms. The van der Waals surface area contributed by atoms with Gasteiger partial charge >= 0.3 is 0 Å². The molecule has 2 aromatic rings. The summed E-state index contributed by atoms with van der Waals surface area (Å²) in [4.78, 5) is 12.3. The number of carbonyl (C=O) groups excluding carboxylic acids is 1. The lowest BCUT2D eigenvalue weighted by atomic mass is 9.99. The predicted molar refractivity (Wildman–Crippen MR) is 128 cm³/mol. The lowest BCUT2D eigenvalue weighted by Crippen LogP contribution is -2.20. The molecule has 0 heterocycles. The molecule has 5 heteroatoms. The summed E-state index contributed by atoms with van der Waals surface area (Å²) in [6, 6.07) is 13.5. The average Bonchev–Trinajstić information content (AvgIpc) is 2.75. The topological polar surface area (TPSA) is 47.6 Å². The zero-order valence-electron chi connectivity index (χ0n) is 18.4. The fourth-order valence-corrected chi connectivity index (χ4v) is 3.59. The fourth-order valence-electron chi connectivity index (χ4n) is 3.08. The molecular weight excluding hydrogens is 442 g/mol. The van der Waals surface area contributed by atoms with E-state index in [0.717, 1.165) is 23.1 Å². The minimum atomic E-state index is -0.204. The first kappa shape index (κ1) is 24.3. The van der Waals surface area contributed by atoms with Crippen LogP contribution in [0.5, 0.6) is 11.5 Å². The summed E-state index contributed by atoms with van der Waals surface area (Å²) < 4.78 is 12.4. The number of halogens is 1. The second kappa shape index (κ2) is 13.3. The first-order chi connectivity index (χ1) is 14.5. The molecule has 1 atom stereocenters. The van der Waals surface area contributed by atoms with E-state index in [1.54, 1.807) is 0 Å². The maximum atomic E-state index is 12.3. The molecule has 0 fully saturated rings. The Morgan fingerprint density at radius 2 is 1.83 bits per heavy atom. The van der Waals surface area contributed by atoms with Crippen LogP contribution in [0.15, 0.2) is 46.9 Å². The number of amides is 1. The summed E-state index contributed by atoms with van der Waals surface area (Å²) in [5, 5.41) is 2.87. The minimum absolute atomic E-state index is 0.0518. The Labute approximate surface area is 189 Å². The van der Waals surface area contributed by atoms with E-state index >= 15 is 0 Å². The summed E-state index contributed by atoms with van der Waals surface area (Å²) in [5.74, 6) is 1.72. The molecule has 0 saturated heterocycles. The van der Waals surface area contributed by atoms with Crippen molar-refractivity contribution in [2.45, 2.75) is 65.2 Å². The molecule has 1 unspecified atom stereocenters. The molecule has 0 aromatic heterocycles. The summed E-state index contributed by atoms with van der Waals surface area (Å²) in [7, 11) is 0. The molecule has 0 radical (unpaired) electrons. The Morgan fingerprint density at radius 3 is 2.57 bits per heavy atom. The summed E-state index contributed by atoms with van der Waals surface area (Å²) in [6.07, 6.45) is 7.10. The SMILES string of the molecule is CCCCCCCOc1cccc(NC(=O)COc2ccc(C(C)CC)cc2Br)c1. The van der Waals surface area contributed by atoms with Gasteiger partial charge in [0.2, 0.25) is 0 Å². The van der Waals surface area contributed by atoms with E-state index in [0.29, 0.717) is 24.0 Å². The van der Waals surface area contributed by atoms with Crippen molar-refractivity contribution >= 4 is 27.5 Å². The zero-order chi connectivity index (χ0) is 21.8. The van der Waals surface area contributed by atoms with Gasteiger partial charge in [-0.2, -0.15) is 0 Å². The van der Waals surface area contributed by atoms with Crippen LogP contribution < -0.4 is 14.8 Å². The van der Waals surface area contributed by atoms with Gasteiger partial charge in [0.1, 0.15) is 11.5 Å². The van der Waals surface area contributed by atoms with Crippen LogP contribution in [0.25, 0.3) is 0 Å². The number of carbonyl (C=O) groups is 1. The van der Waals surface area contributed by atoms with Crippen LogP contribution in [0.2, 0.25) is 0 Å². The summed E-state index contributed by atoms with van der Waals surface area (Å²) in [6.45, 7) is 7.22. The molecule has 164 valence electrons. The van der Waals surface area contributed by atoms with Gasteiger partial charge in [-0.1, -0.05) is 58.6 Å². The molecule has 0 spiro atoms. The second-order valence-corrected chi connectivity index (χ2v) is 8.48. The van der Waals surface area contributed by atoms with Crippen molar-refractivity contribution in [3.8, 4) is 11.5 Å². The standard InChI is InChI=1S/C25H34BrNO3/c1-4-6-7-8-9-15-29-22-12-10-11-21(17-22)27-25(28)18-30-24-14-13-20(16-23(24)26)19(3)5-2/h10-14,16-17,19H,4-9,15,18H2,1-3H3,(H,27,28). The van der Waals surface area contributed by atoms with Gasteiger partial charge in [-0.05, 0) is 64.5 Å². The number of rotatable bonds is 13. The van der Waals surface area contributed by atoms with E-state index in [1.165, 1.54) is 31.2 Å². The van der Waals surface area contributed by atoms with Crippen LogP contribution in [0, 0.1) is 0 Å². The number of benzene rings is 2. The highest BCUT2D eigenvalue weighted by Crippen LogP contribution is 2.30. The van der Waals surface area contributed by atoms with Gasteiger partial charge in [-0.25, -0.2) is 0 Å². The lowest BCUT2D eigenvalue weighted by Gasteiger charge is -2.13. The predicted octanol–water partition coefficient (Wildman–Crippen LogP) is 7.33. The molecule has 0 saturated carbocycles. The number of nitrogens with one attached hydrogen (secondary N) is 1. The van der Waals surface area contributed by atoms with Crippen molar-refractivity contribution in [2.24, 2.45) is 0 Å². The van der Waals surface area contributed by atoms with Crippen LogP contribution in [-0.4, -0.2) is 19.1 Å². The first-order valence-corrected chi connectivity index (χ1v) is 11.8. The van der Waals surface area contributed by atoms with E-state index < -0.39 is 0 Å². The van der Waals surface area contributed by atoms with Crippen LogP contribution in [-0.2, 0) is 4.79 Å². The van der Waals surface area contributed by atoms with E-state index in [2.05, 4.69) is 54.2 Å². The third kappa shape index (κ3) is 8.39. The largest absolute Gasteiger partial charge is 0.494 e. The van der Waals surface area contributed by atoms with E-state index in [-0.39, 0.29) is 12.5 Å². The van der Waals surface area contributed by atoms with Crippen molar-refractivity contribution < 1.29 is 14.3 Å². The number of unbranched alkanes of at least 4 members (excludes halogenated alkanes) is 4. The van der Waals surface area contributed by atoms with Crippen molar-refractivity contribution in [3.05, 3.63) is 52.5 Å². The quantitative estimate of drug-likeness (QED) is 0.308. The number of hydrogen-bond donors (Lipinski definition) is 1. The van der Waals surface area contributed by atoms with Gasteiger partial charge in [0, 0.05) is 11.8 Å². The maximum absolute atomic E-state index is 12.3. The third-order valence-electron chi connectivity index (χ3n) is 5.13. The molecule has 2 aromatic carbocycles. The maximum Gasteiger partial charge on any atom is 0.262 e. The monoisotopic (exact) mass is 475 g/mol. The second-order valence-electron chi connectivity index (χ2n) is 7.63. The molecule has 2 rings (SSSR count). The molecule has 30 heavy (non-hydrogen) atoms. The highest BCUT2D eigenvalue weighted by molar-refractivity contribution is 9.10. The molecule has 0 aliphatic heterocycles. The molecule has 0 aliphatic rings. The number of ether oxygens (including phenoxy) is 2. The van der Waals surface area contributed by atoms with E-state index in [4.69, 9.17) is 9.47 Å². The zero-order valence-corrected chi connectivity index (χ0v) is 20.0. The number of hydrogen-bond acceptors (Lipinski definition) is 3. The Kier molecular flexibility index (Phi) is 10.8. The molecule has 4 nitrogen and oxygen atoms in total. The van der Waals surface area contributed by atoms with Crippen LogP contribution in [0.3, 0.4) is 0 Å². The molecule has 0 aliphatic carbocycles. The molecular formula is C25H34BrNO3. The Bertz CT molecular complexity index is 794. The normalized spacial score (nSPS) is 11.7. The van der Waals surface area contributed by atoms with Crippen molar-refractivity contribution in [3.63, 3.8) is 0 Å². The van der Waals surface area contributed by atoms with Gasteiger partial charge in [0.05, 0.1) is 11.1 Å². The Morgan fingerprint density at radius 1 is 1.03 bits per heavy atom. The summed E-state index contributed by atoms with van der Waals surface area (Å²) >= 11 is 3.54. The van der Waals surface area contributed by atoms with Crippen LogP contribution in [0.4, 0.5) is 5.69 Å². The molecule has 1 amide bonds.